The molecule has 3 aliphatic rings. The van der Waals surface area contributed by atoms with Crippen LogP contribution < -0.4 is 10.1 Å². The summed E-state index contributed by atoms with van der Waals surface area (Å²) < 4.78 is 11.5. The Morgan fingerprint density at radius 2 is 2.25 bits per heavy atom. The van der Waals surface area contributed by atoms with Crippen molar-refractivity contribution in [2.45, 2.75) is 44.4 Å². The number of benzene rings is 1. The van der Waals surface area contributed by atoms with Gasteiger partial charge in [0.1, 0.15) is 5.75 Å². The number of fused-ring (bicyclic) bond motifs is 1. The predicted molar refractivity (Wildman–Crippen MR) is 91.3 cm³/mol. The Hall–Kier alpha value is -1.59. The third kappa shape index (κ3) is 3.42. The van der Waals surface area contributed by atoms with Crippen molar-refractivity contribution in [2.24, 2.45) is 5.92 Å². The highest BCUT2D eigenvalue weighted by atomic mass is 16.5. The van der Waals surface area contributed by atoms with Crippen molar-refractivity contribution in [3.63, 3.8) is 0 Å². The highest BCUT2D eigenvalue weighted by molar-refractivity contribution is 5.94. The summed E-state index contributed by atoms with van der Waals surface area (Å²) in [5, 5.41) is 3.19. The molecular weight excluding hydrogens is 304 g/mol. The lowest BCUT2D eigenvalue weighted by molar-refractivity contribution is -0.0581. The molecule has 1 aromatic rings. The Balaban J connectivity index is 1.34. The van der Waals surface area contributed by atoms with Gasteiger partial charge in [-0.1, -0.05) is 6.07 Å². The lowest BCUT2D eigenvalue weighted by atomic mass is 10.1. The molecule has 3 fully saturated rings. The van der Waals surface area contributed by atoms with E-state index in [1.807, 2.05) is 31.2 Å². The zero-order chi connectivity index (χ0) is 16.5. The summed E-state index contributed by atoms with van der Waals surface area (Å²) in [5.74, 6) is 1.51. The topological polar surface area (TPSA) is 50.8 Å². The maximum atomic E-state index is 12.5. The maximum absolute atomic E-state index is 12.5. The quantitative estimate of drug-likeness (QED) is 0.898. The van der Waals surface area contributed by atoms with Crippen LogP contribution in [-0.4, -0.2) is 55.3 Å². The molecule has 5 nitrogen and oxygen atoms in total. The molecule has 4 rings (SSSR count). The van der Waals surface area contributed by atoms with Crippen LogP contribution in [0.2, 0.25) is 0 Å². The van der Waals surface area contributed by atoms with Crippen molar-refractivity contribution in [3.05, 3.63) is 29.8 Å². The normalized spacial score (nSPS) is 30.0. The largest absolute Gasteiger partial charge is 0.494 e. The van der Waals surface area contributed by atoms with E-state index in [1.165, 1.54) is 12.8 Å². The van der Waals surface area contributed by atoms with Crippen LogP contribution in [0, 0.1) is 5.92 Å². The van der Waals surface area contributed by atoms with Crippen LogP contribution in [0.5, 0.6) is 5.75 Å². The van der Waals surface area contributed by atoms with E-state index in [1.54, 1.807) is 0 Å². The van der Waals surface area contributed by atoms with E-state index in [-0.39, 0.29) is 11.9 Å². The minimum Gasteiger partial charge on any atom is -0.494 e. The van der Waals surface area contributed by atoms with Gasteiger partial charge in [0, 0.05) is 30.7 Å². The number of morpholine rings is 1. The van der Waals surface area contributed by atoms with Crippen molar-refractivity contribution >= 4 is 5.91 Å². The molecule has 0 bridgehead atoms. The van der Waals surface area contributed by atoms with Crippen LogP contribution in [0.4, 0.5) is 0 Å². The van der Waals surface area contributed by atoms with Gasteiger partial charge in [-0.15, -0.1) is 0 Å². The average molecular weight is 330 g/mol. The molecule has 1 amide bonds. The van der Waals surface area contributed by atoms with Crippen LogP contribution in [0.3, 0.4) is 0 Å². The smallest absolute Gasteiger partial charge is 0.251 e. The molecule has 1 aromatic carbocycles. The number of ether oxygens (including phenoxy) is 2. The molecule has 0 radical (unpaired) electrons. The van der Waals surface area contributed by atoms with Crippen LogP contribution in [0.15, 0.2) is 24.3 Å². The lowest BCUT2D eigenvalue weighted by Crippen LogP contribution is -2.47. The van der Waals surface area contributed by atoms with Crippen molar-refractivity contribution in [2.75, 3.05) is 26.3 Å². The predicted octanol–water partition coefficient (Wildman–Crippen LogP) is 2.07. The standard InChI is InChI=1S/C19H26N2O3/c1-2-23-17-5-3-4-14(8-17)19(22)20-15-9-16-12-24-18(13-6-7-13)11-21(16)10-15/h3-5,8,13,15-16,18H,2,6-7,9-12H2,1H3,(H,20,22)/t15-,16-,18-/m0/s1. The van der Waals surface area contributed by atoms with Gasteiger partial charge >= 0.3 is 0 Å². The van der Waals surface area contributed by atoms with Crippen LogP contribution in [-0.2, 0) is 4.74 Å². The van der Waals surface area contributed by atoms with E-state index in [2.05, 4.69) is 10.2 Å². The van der Waals surface area contributed by atoms with E-state index < -0.39 is 0 Å². The number of hydrogen-bond acceptors (Lipinski definition) is 4. The first-order chi connectivity index (χ1) is 11.7. The van der Waals surface area contributed by atoms with Gasteiger partial charge in [-0.05, 0) is 50.3 Å². The molecule has 5 heteroatoms. The Kier molecular flexibility index (Phi) is 4.46. The van der Waals surface area contributed by atoms with Gasteiger partial charge in [-0.25, -0.2) is 0 Å². The van der Waals surface area contributed by atoms with Gasteiger partial charge in [0.25, 0.3) is 5.91 Å². The minimum absolute atomic E-state index is 0.0129. The SMILES string of the molecule is CCOc1cccc(C(=O)N[C@H]2C[C@H]3CO[C@H](C4CC4)CN3C2)c1. The number of carbonyl (C=O) groups excluding carboxylic acids is 1. The molecule has 2 saturated heterocycles. The second-order valence-corrected chi connectivity index (χ2v) is 7.18. The highest BCUT2D eigenvalue weighted by Crippen LogP contribution is 2.37. The van der Waals surface area contributed by atoms with Gasteiger partial charge in [0.05, 0.1) is 19.3 Å². The summed E-state index contributed by atoms with van der Waals surface area (Å²) in [5.41, 5.74) is 0.665. The molecule has 0 aromatic heterocycles. The lowest BCUT2D eigenvalue weighted by Gasteiger charge is -2.35. The second-order valence-electron chi connectivity index (χ2n) is 7.18. The third-order valence-electron chi connectivity index (χ3n) is 5.34. The molecule has 1 aliphatic carbocycles. The number of nitrogens with zero attached hydrogens (tertiary/aromatic N) is 1. The monoisotopic (exact) mass is 330 g/mol. The molecule has 0 spiro atoms. The van der Waals surface area contributed by atoms with Crippen molar-refractivity contribution < 1.29 is 14.3 Å². The van der Waals surface area contributed by atoms with Crippen molar-refractivity contribution in [1.82, 2.24) is 10.2 Å². The van der Waals surface area contributed by atoms with E-state index in [0.29, 0.717) is 24.3 Å². The number of rotatable bonds is 5. The first kappa shape index (κ1) is 15.9. The van der Waals surface area contributed by atoms with E-state index in [4.69, 9.17) is 9.47 Å². The second kappa shape index (κ2) is 6.73. The summed E-state index contributed by atoms with van der Waals surface area (Å²) >= 11 is 0. The molecule has 130 valence electrons. The Morgan fingerprint density at radius 1 is 1.38 bits per heavy atom. The van der Waals surface area contributed by atoms with Gasteiger partial charge in [-0.2, -0.15) is 0 Å². The zero-order valence-electron chi connectivity index (χ0n) is 14.2. The molecule has 0 unspecified atom stereocenters. The van der Waals surface area contributed by atoms with Crippen molar-refractivity contribution in [3.8, 4) is 5.75 Å². The number of nitrogens with one attached hydrogen (secondary N) is 1. The first-order valence-electron chi connectivity index (χ1n) is 9.12. The van der Waals surface area contributed by atoms with Crippen LogP contribution in [0.25, 0.3) is 0 Å². The molecule has 2 heterocycles. The summed E-state index contributed by atoms with van der Waals surface area (Å²) in [6.45, 7) is 5.33. The molecule has 1 saturated carbocycles. The van der Waals surface area contributed by atoms with E-state index in [9.17, 15) is 4.79 Å². The third-order valence-corrected chi connectivity index (χ3v) is 5.34. The molecule has 3 atom stereocenters. The molecular formula is C19H26N2O3. The Bertz CT molecular complexity index is 602. The van der Waals surface area contributed by atoms with Crippen LogP contribution in [0.1, 0.15) is 36.5 Å². The number of amides is 1. The summed E-state index contributed by atoms with van der Waals surface area (Å²) in [6, 6.07) is 8.07. The Morgan fingerprint density at radius 3 is 3.04 bits per heavy atom. The Labute approximate surface area is 143 Å². The van der Waals surface area contributed by atoms with E-state index >= 15 is 0 Å². The first-order valence-corrected chi connectivity index (χ1v) is 9.12. The fraction of sp³-hybridized carbons (Fsp3) is 0.632. The average Bonchev–Trinajstić information content (AvgIpc) is 3.35. The fourth-order valence-electron chi connectivity index (χ4n) is 3.92. The van der Waals surface area contributed by atoms with E-state index in [0.717, 1.165) is 37.8 Å². The minimum atomic E-state index is -0.0129. The highest BCUT2D eigenvalue weighted by Gasteiger charge is 2.42. The van der Waals surface area contributed by atoms with Crippen LogP contribution >= 0.6 is 0 Å². The maximum Gasteiger partial charge on any atom is 0.251 e. The molecule has 2 aliphatic heterocycles. The summed E-state index contributed by atoms with van der Waals surface area (Å²) in [4.78, 5) is 15.0. The van der Waals surface area contributed by atoms with Crippen molar-refractivity contribution in [1.29, 1.82) is 0 Å². The summed E-state index contributed by atoms with van der Waals surface area (Å²) in [7, 11) is 0. The zero-order valence-corrected chi connectivity index (χ0v) is 14.2. The van der Waals surface area contributed by atoms with Gasteiger partial charge in [0.2, 0.25) is 0 Å². The number of carbonyl (C=O) groups is 1. The number of hydrogen-bond donors (Lipinski definition) is 1. The molecule has 1 N–H and O–H groups in total. The molecule has 24 heavy (non-hydrogen) atoms. The van der Waals surface area contributed by atoms with Gasteiger partial charge in [0.15, 0.2) is 0 Å². The van der Waals surface area contributed by atoms with Gasteiger partial charge in [-0.3, -0.25) is 9.69 Å². The fourth-order valence-corrected chi connectivity index (χ4v) is 3.92. The summed E-state index contributed by atoms with van der Waals surface area (Å²) in [6.07, 6.45) is 4.03. The van der Waals surface area contributed by atoms with Gasteiger partial charge < -0.3 is 14.8 Å².